The van der Waals surface area contributed by atoms with E-state index in [0.717, 1.165) is 21.3 Å². The van der Waals surface area contributed by atoms with E-state index in [4.69, 9.17) is 11.5 Å². The van der Waals surface area contributed by atoms with Gasteiger partial charge in [-0.1, -0.05) is 17.4 Å². The van der Waals surface area contributed by atoms with Crippen LogP contribution in [0.15, 0.2) is 22.5 Å². The van der Waals surface area contributed by atoms with Crippen molar-refractivity contribution in [2.24, 2.45) is 16.5 Å². The van der Waals surface area contributed by atoms with E-state index < -0.39 is 0 Å². The van der Waals surface area contributed by atoms with Gasteiger partial charge in [0.15, 0.2) is 11.1 Å². The average Bonchev–Trinajstić information content (AvgIpc) is 3.04. The van der Waals surface area contributed by atoms with Gasteiger partial charge in [-0.3, -0.25) is 10.1 Å². The van der Waals surface area contributed by atoms with Crippen LogP contribution in [0.5, 0.6) is 0 Å². The molecule has 3 rings (SSSR count). The number of hydrogen-bond acceptors (Lipinski definition) is 6. The van der Waals surface area contributed by atoms with Gasteiger partial charge in [0, 0.05) is 5.38 Å². The molecule has 118 valence electrons. The predicted molar refractivity (Wildman–Crippen MR) is 94.6 cm³/mol. The number of nitrogens with two attached hydrogens (primary N) is 2. The number of carbonyl (C=O) groups is 1. The van der Waals surface area contributed by atoms with Crippen molar-refractivity contribution in [3.05, 3.63) is 34.3 Å². The molecule has 7 nitrogen and oxygen atoms in total. The minimum Gasteiger partial charge on any atom is -0.370 e. The van der Waals surface area contributed by atoms with E-state index in [1.54, 1.807) is 5.38 Å². The second kappa shape index (κ2) is 5.94. The molecule has 3 aromatic rings. The quantitative estimate of drug-likeness (QED) is 0.497. The largest absolute Gasteiger partial charge is 0.370 e. The Hall–Kier alpha value is -2.52. The van der Waals surface area contributed by atoms with Crippen LogP contribution in [0.1, 0.15) is 21.6 Å². The second-order valence-corrected chi connectivity index (χ2v) is 6.82. The summed E-state index contributed by atoms with van der Waals surface area (Å²) in [4.78, 5) is 24.6. The summed E-state index contributed by atoms with van der Waals surface area (Å²) in [6, 6.07) is 4.12. The van der Waals surface area contributed by atoms with Crippen LogP contribution in [0.4, 0.5) is 10.3 Å². The smallest absolute Gasteiger partial charge is 0.276 e. The summed E-state index contributed by atoms with van der Waals surface area (Å²) in [5.74, 6) is -0.435. The highest BCUT2D eigenvalue weighted by Crippen LogP contribution is 2.29. The molecular formula is C14H14N6OS2. The SMILES string of the molecule is Cc1cc(C)c2nc(NC(=O)c3csc(N=C(N)N)n3)sc2c1. The van der Waals surface area contributed by atoms with Gasteiger partial charge in [0.1, 0.15) is 5.69 Å². The number of nitrogens with zero attached hydrogens (tertiary/aromatic N) is 3. The minimum absolute atomic E-state index is 0.0941. The zero-order valence-electron chi connectivity index (χ0n) is 12.5. The highest BCUT2D eigenvalue weighted by Gasteiger charge is 2.14. The molecule has 9 heteroatoms. The van der Waals surface area contributed by atoms with Gasteiger partial charge < -0.3 is 11.5 Å². The fraction of sp³-hybridized carbons (Fsp3) is 0.143. The fourth-order valence-corrected chi connectivity index (χ4v) is 3.84. The summed E-state index contributed by atoms with van der Waals surface area (Å²) >= 11 is 2.62. The molecule has 0 aliphatic heterocycles. The van der Waals surface area contributed by atoms with Crippen LogP contribution in [0.3, 0.4) is 0 Å². The maximum atomic E-state index is 12.2. The summed E-state index contributed by atoms with van der Waals surface area (Å²) in [6.45, 7) is 4.04. The lowest BCUT2D eigenvalue weighted by molar-refractivity contribution is 0.102. The van der Waals surface area contributed by atoms with Gasteiger partial charge in [-0.25, -0.2) is 9.97 Å². The first-order valence-electron chi connectivity index (χ1n) is 6.66. The molecule has 0 saturated heterocycles. The molecule has 0 unspecified atom stereocenters. The number of nitrogens with one attached hydrogen (secondary N) is 1. The highest BCUT2D eigenvalue weighted by molar-refractivity contribution is 7.22. The first-order chi connectivity index (χ1) is 10.9. The summed E-state index contributed by atoms with van der Waals surface area (Å²) in [7, 11) is 0. The van der Waals surface area contributed by atoms with Gasteiger partial charge in [0.05, 0.1) is 10.2 Å². The van der Waals surface area contributed by atoms with Crippen LogP contribution in [0, 0.1) is 13.8 Å². The van der Waals surface area contributed by atoms with Gasteiger partial charge in [0.25, 0.3) is 5.91 Å². The van der Waals surface area contributed by atoms with E-state index in [1.165, 1.54) is 22.7 Å². The third kappa shape index (κ3) is 3.30. The number of amides is 1. The Bertz CT molecular complexity index is 923. The van der Waals surface area contributed by atoms with Gasteiger partial charge in [0.2, 0.25) is 5.13 Å². The Kier molecular flexibility index (Phi) is 3.97. The molecule has 0 atom stereocenters. The summed E-state index contributed by atoms with van der Waals surface area (Å²) < 4.78 is 1.04. The molecule has 0 bridgehead atoms. The van der Waals surface area contributed by atoms with E-state index in [2.05, 4.69) is 32.4 Å². The Morgan fingerprint density at radius 2 is 2.04 bits per heavy atom. The lowest BCUT2D eigenvalue weighted by atomic mass is 10.1. The zero-order chi connectivity index (χ0) is 16.6. The Morgan fingerprint density at radius 1 is 1.26 bits per heavy atom. The number of benzene rings is 1. The number of aliphatic imine (C=N–C) groups is 1. The van der Waals surface area contributed by atoms with E-state index in [0.29, 0.717) is 10.3 Å². The third-order valence-corrected chi connectivity index (χ3v) is 4.65. The second-order valence-electron chi connectivity index (χ2n) is 4.95. The summed E-state index contributed by atoms with van der Waals surface area (Å²) in [6.07, 6.45) is 0. The van der Waals surface area contributed by atoms with Crippen molar-refractivity contribution in [2.75, 3.05) is 5.32 Å². The van der Waals surface area contributed by atoms with Gasteiger partial charge in [-0.05, 0) is 31.0 Å². The Balaban J connectivity index is 1.84. The van der Waals surface area contributed by atoms with Crippen LogP contribution in [-0.2, 0) is 0 Å². The lowest BCUT2D eigenvalue weighted by Crippen LogP contribution is -2.21. The molecule has 0 spiro atoms. The van der Waals surface area contributed by atoms with E-state index in [9.17, 15) is 4.79 Å². The van der Waals surface area contributed by atoms with Gasteiger partial charge in [-0.15, -0.1) is 11.3 Å². The van der Waals surface area contributed by atoms with Crippen LogP contribution < -0.4 is 16.8 Å². The lowest BCUT2D eigenvalue weighted by Gasteiger charge is -1.97. The number of aromatic nitrogens is 2. The van der Waals surface area contributed by atoms with E-state index in [-0.39, 0.29) is 17.6 Å². The Labute approximate surface area is 140 Å². The van der Waals surface area contributed by atoms with Gasteiger partial charge >= 0.3 is 0 Å². The maximum absolute atomic E-state index is 12.2. The Morgan fingerprint density at radius 3 is 2.78 bits per heavy atom. The minimum atomic E-state index is -0.341. The normalized spacial score (nSPS) is 10.7. The maximum Gasteiger partial charge on any atom is 0.276 e. The number of aryl methyl sites for hydroxylation is 2. The monoisotopic (exact) mass is 346 g/mol. The average molecular weight is 346 g/mol. The molecule has 5 N–H and O–H groups in total. The molecule has 0 fully saturated rings. The number of thiazole rings is 2. The molecule has 0 aliphatic rings. The van der Waals surface area contributed by atoms with Gasteiger partial charge in [-0.2, -0.15) is 4.99 Å². The predicted octanol–water partition coefficient (Wildman–Crippen LogP) is 2.53. The van der Waals surface area contributed by atoms with Crippen molar-refractivity contribution in [2.45, 2.75) is 13.8 Å². The zero-order valence-corrected chi connectivity index (χ0v) is 14.1. The molecule has 1 amide bonds. The third-order valence-electron chi connectivity index (χ3n) is 3.00. The van der Waals surface area contributed by atoms with Crippen LogP contribution in [0.2, 0.25) is 0 Å². The molecule has 0 aliphatic carbocycles. The topological polar surface area (TPSA) is 119 Å². The molecule has 2 aromatic heterocycles. The number of fused-ring (bicyclic) bond motifs is 1. The van der Waals surface area contributed by atoms with Crippen molar-refractivity contribution in [3.63, 3.8) is 0 Å². The van der Waals surface area contributed by atoms with Crippen molar-refractivity contribution < 1.29 is 4.79 Å². The molecule has 0 radical (unpaired) electrons. The van der Waals surface area contributed by atoms with Crippen LogP contribution in [-0.4, -0.2) is 21.8 Å². The summed E-state index contributed by atoms with van der Waals surface area (Å²) in [5, 5.41) is 5.24. The number of anilines is 1. The number of rotatable bonds is 3. The van der Waals surface area contributed by atoms with Crippen molar-refractivity contribution in [3.8, 4) is 0 Å². The summed E-state index contributed by atoms with van der Waals surface area (Å²) in [5.41, 5.74) is 14.0. The first kappa shape index (κ1) is 15.4. The molecule has 1 aromatic carbocycles. The van der Waals surface area contributed by atoms with E-state index in [1.807, 2.05) is 13.8 Å². The molecule has 0 saturated carbocycles. The number of guanidine groups is 1. The number of carbonyl (C=O) groups excluding carboxylic acids is 1. The number of hydrogen-bond donors (Lipinski definition) is 3. The van der Waals surface area contributed by atoms with Crippen molar-refractivity contribution in [1.82, 2.24) is 9.97 Å². The van der Waals surface area contributed by atoms with Crippen LogP contribution >= 0.6 is 22.7 Å². The first-order valence-corrected chi connectivity index (χ1v) is 8.36. The highest BCUT2D eigenvalue weighted by atomic mass is 32.1. The molecule has 23 heavy (non-hydrogen) atoms. The van der Waals surface area contributed by atoms with Crippen LogP contribution in [0.25, 0.3) is 10.2 Å². The van der Waals surface area contributed by atoms with Crippen molar-refractivity contribution in [1.29, 1.82) is 0 Å². The molecular weight excluding hydrogens is 332 g/mol. The van der Waals surface area contributed by atoms with E-state index >= 15 is 0 Å². The standard InChI is InChI=1S/C14H14N6OS2/c1-6-3-7(2)10-9(4-6)23-14(18-10)19-11(21)8-5-22-13(17-8)20-12(15)16/h3-5H,1-2H3,(H,18,19,21)(H4,15,16,17,20). The van der Waals surface area contributed by atoms with Crippen molar-refractivity contribution >= 4 is 55.0 Å². The fourth-order valence-electron chi connectivity index (χ4n) is 2.12. The molecule has 2 heterocycles.